The molecule has 2 N–H and O–H groups in total. The van der Waals surface area contributed by atoms with Gasteiger partial charge in [-0.3, -0.25) is 4.79 Å². The van der Waals surface area contributed by atoms with Crippen LogP contribution in [0.15, 0.2) is 0 Å². The molecule has 0 aliphatic heterocycles. The van der Waals surface area contributed by atoms with Gasteiger partial charge in [-0.15, -0.1) is 0 Å². The molecule has 0 aromatic carbocycles. The fourth-order valence-corrected chi connectivity index (χ4v) is 0.703. The third-order valence-corrected chi connectivity index (χ3v) is 1.90. The molecule has 0 rings (SSSR count). The number of nitrogens with two attached hydrogens (primary N) is 1. The lowest BCUT2D eigenvalue weighted by Gasteiger charge is -2.24. The molecule has 0 saturated heterocycles. The van der Waals surface area contributed by atoms with Gasteiger partial charge in [0, 0.05) is 25.6 Å². The molecule has 0 aliphatic rings. The summed E-state index contributed by atoms with van der Waals surface area (Å²) in [6, 6.07) is 0.261. The highest BCUT2D eigenvalue weighted by molar-refractivity contribution is 5.78. The second kappa shape index (κ2) is 4.34. The first-order valence-electron chi connectivity index (χ1n) is 3.97. The van der Waals surface area contributed by atoms with Gasteiger partial charge >= 0.3 is 0 Å². The number of nitrogens with zero attached hydrogens (tertiary/aromatic N) is 1. The molecule has 0 radical (unpaired) electrons. The minimum absolute atomic E-state index is 0.0533. The van der Waals surface area contributed by atoms with E-state index < -0.39 is 0 Å². The predicted molar refractivity (Wildman–Crippen MR) is 46.1 cm³/mol. The highest BCUT2D eigenvalue weighted by Gasteiger charge is 2.17. The average Bonchev–Trinajstić information content (AvgIpc) is 2.00. The van der Waals surface area contributed by atoms with Crippen LogP contribution < -0.4 is 5.73 Å². The molecule has 0 aromatic heterocycles. The Morgan fingerprint density at radius 2 is 1.91 bits per heavy atom. The van der Waals surface area contributed by atoms with Crippen LogP contribution in [-0.4, -0.2) is 30.4 Å². The van der Waals surface area contributed by atoms with E-state index in [1.807, 2.05) is 20.8 Å². The van der Waals surface area contributed by atoms with Crippen LogP contribution in [0.4, 0.5) is 0 Å². The standard InChI is InChI=1S/C8H18N2O/c1-6(2)10(4)8(11)7(3)5-9/h6-7H,5,9H2,1-4H3. The smallest absolute Gasteiger partial charge is 0.226 e. The van der Waals surface area contributed by atoms with Crippen molar-refractivity contribution in [3.05, 3.63) is 0 Å². The van der Waals surface area contributed by atoms with Crippen LogP contribution in [-0.2, 0) is 4.79 Å². The molecule has 0 aliphatic carbocycles. The molecule has 0 aromatic rings. The van der Waals surface area contributed by atoms with E-state index in [-0.39, 0.29) is 17.9 Å². The van der Waals surface area contributed by atoms with E-state index in [9.17, 15) is 4.79 Å². The summed E-state index contributed by atoms with van der Waals surface area (Å²) >= 11 is 0. The van der Waals surface area contributed by atoms with Crippen molar-refractivity contribution in [1.82, 2.24) is 4.90 Å². The molecule has 3 nitrogen and oxygen atoms in total. The Bertz CT molecular complexity index is 134. The van der Waals surface area contributed by atoms with Gasteiger partial charge in [-0.2, -0.15) is 0 Å². The van der Waals surface area contributed by atoms with Gasteiger partial charge in [-0.05, 0) is 13.8 Å². The fourth-order valence-electron chi connectivity index (χ4n) is 0.703. The second-order valence-electron chi connectivity index (χ2n) is 3.18. The molecule has 1 unspecified atom stereocenters. The van der Waals surface area contributed by atoms with Gasteiger partial charge in [0.15, 0.2) is 0 Å². The number of carbonyl (C=O) groups is 1. The minimum atomic E-state index is -0.0533. The number of hydrogen-bond donors (Lipinski definition) is 1. The summed E-state index contributed by atoms with van der Waals surface area (Å²) in [5, 5.41) is 0. The molecule has 0 fully saturated rings. The van der Waals surface area contributed by atoms with Gasteiger partial charge < -0.3 is 10.6 Å². The summed E-state index contributed by atoms with van der Waals surface area (Å²) in [6.45, 7) is 6.25. The maximum Gasteiger partial charge on any atom is 0.226 e. The molecule has 0 saturated carbocycles. The maximum atomic E-state index is 11.4. The summed E-state index contributed by atoms with van der Waals surface area (Å²) in [7, 11) is 1.80. The van der Waals surface area contributed by atoms with Crippen molar-refractivity contribution in [1.29, 1.82) is 0 Å². The third kappa shape index (κ3) is 2.89. The molecule has 0 spiro atoms. The number of carbonyl (C=O) groups excluding carboxylic acids is 1. The Kier molecular flexibility index (Phi) is 4.11. The third-order valence-electron chi connectivity index (χ3n) is 1.90. The Labute approximate surface area is 68.6 Å². The van der Waals surface area contributed by atoms with Crippen molar-refractivity contribution in [3.8, 4) is 0 Å². The van der Waals surface area contributed by atoms with Crippen LogP contribution in [0, 0.1) is 5.92 Å². The first-order valence-corrected chi connectivity index (χ1v) is 3.97. The van der Waals surface area contributed by atoms with Crippen LogP contribution in [0.2, 0.25) is 0 Å². The highest BCUT2D eigenvalue weighted by atomic mass is 16.2. The Balaban J connectivity index is 4.02. The van der Waals surface area contributed by atoms with Crippen molar-refractivity contribution >= 4 is 5.91 Å². The topological polar surface area (TPSA) is 46.3 Å². The van der Waals surface area contributed by atoms with E-state index >= 15 is 0 Å². The molecule has 11 heavy (non-hydrogen) atoms. The van der Waals surface area contributed by atoms with Gasteiger partial charge in [0.05, 0.1) is 0 Å². The van der Waals surface area contributed by atoms with E-state index in [1.165, 1.54) is 0 Å². The molecule has 1 amide bonds. The largest absolute Gasteiger partial charge is 0.343 e. The summed E-state index contributed by atoms with van der Waals surface area (Å²) < 4.78 is 0. The maximum absolute atomic E-state index is 11.4. The second-order valence-corrected chi connectivity index (χ2v) is 3.18. The molecule has 3 heteroatoms. The lowest BCUT2D eigenvalue weighted by molar-refractivity contribution is -0.134. The molecule has 0 bridgehead atoms. The van der Waals surface area contributed by atoms with Crippen LogP contribution in [0.25, 0.3) is 0 Å². The normalized spacial score (nSPS) is 13.3. The molecular formula is C8H18N2O. The van der Waals surface area contributed by atoms with E-state index in [4.69, 9.17) is 5.73 Å². The lowest BCUT2D eigenvalue weighted by Crippen LogP contribution is -2.39. The van der Waals surface area contributed by atoms with E-state index in [0.717, 1.165) is 0 Å². The van der Waals surface area contributed by atoms with Gasteiger partial charge in [-0.1, -0.05) is 6.92 Å². The first kappa shape index (κ1) is 10.4. The zero-order valence-electron chi connectivity index (χ0n) is 7.79. The van der Waals surface area contributed by atoms with Gasteiger partial charge in [-0.25, -0.2) is 0 Å². The van der Waals surface area contributed by atoms with Gasteiger partial charge in [0.2, 0.25) is 5.91 Å². The number of amides is 1. The highest BCUT2D eigenvalue weighted by Crippen LogP contribution is 2.02. The van der Waals surface area contributed by atoms with Crippen molar-refractivity contribution in [2.45, 2.75) is 26.8 Å². The summed E-state index contributed by atoms with van der Waals surface area (Å²) in [5.74, 6) is 0.0740. The van der Waals surface area contributed by atoms with Gasteiger partial charge in [0.1, 0.15) is 0 Å². The Morgan fingerprint density at radius 1 is 1.45 bits per heavy atom. The monoisotopic (exact) mass is 158 g/mol. The van der Waals surface area contributed by atoms with Crippen molar-refractivity contribution in [2.75, 3.05) is 13.6 Å². The predicted octanol–water partition coefficient (Wildman–Crippen LogP) is 0.448. The minimum Gasteiger partial charge on any atom is -0.343 e. The van der Waals surface area contributed by atoms with Crippen LogP contribution in [0.5, 0.6) is 0 Å². The number of rotatable bonds is 3. The average molecular weight is 158 g/mol. The van der Waals surface area contributed by atoms with Crippen LogP contribution in [0.1, 0.15) is 20.8 Å². The fraction of sp³-hybridized carbons (Fsp3) is 0.875. The van der Waals surface area contributed by atoms with E-state index in [1.54, 1.807) is 11.9 Å². The first-order chi connectivity index (χ1) is 5.00. The summed E-state index contributed by atoms with van der Waals surface area (Å²) in [6.07, 6.45) is 0. The number of hydrogen-bond acceptors (Lipinski definition) is 2. The van der Waals surface area contributed by atoms with Crippen LogP contribution >= 0.6 is 0 Å². The van der Waals surface area contributed by atoms with Crippen molar-refractivity contribution in [2.24, 2.45) is 11.7 Å². The summed E-state index contributed by atoms with van der Waals surface area (Å²) in [4.78, 5) is 13.1. The van der Waals surface area contributed by atoms with E-state index in [0.29, 0.717) is 6.54 Å². The van der Waals surface area contributed by atoms with Crippen molar-refractivity contribution in [3.63, 3.8) is 0 Å². The lowest BCUT2D eigenvalue weighted by atomic mass is 10.1. The van der Waals surface area contributed by atoms with E-state index in [2.05, 4.69) is 0 Å². The Hall–Kier alpha value is -0.570. The van der Waals surface area contributed by atoms with Crippen LogP contribution in [0.3, 0.4) is 0 Å². The molecule has 0 heterocycles. The zero-order valence-corrected chi connectivity index (χ0v) is 7.79. The van der Waals surface area contributed by atoms with Gasteiger partial charge in [0.25, 0.3) is 0 Å². The SMILES string of the molecule is CC(CN)C(=O)N(C)C(C)C. The Morgan fingerprint density at radius 3 is 2.18 bits per heavy atom. The molecule has 1 atom stereocenters. The van der Waals surface area contributed by atoms with Crippen molar-refractivity contribution < 1.29 is 4.79 Å². The quantitative estimate of drug-likeness (QED) is 0.648. The summed E-state index contributed by atoms with van der Waals surface area (Å²) in [5.41, 5.74) is 5.36. The zero-order chi connectivity index (χ0) is 9.02. The molecule has 66 valence electrons. The molecular weight excluding hydrogens is 140 g/mol.